The van der Waals surface area contributed by atoms with Gasteiger partial charge in [0.05, 0.1) is 6.61 Å². The summed E-state index contributed by atoms with van der Waals surface area (Å²) in [5.74, 6) is 1.88. The Labute approximate surface area is 112 Å². The number of hydrogen-bond acceptors (Lipinski definition) is 3. The average molecular weight is 262 g/mol. The lowest BCUT2D eigenvalue weighted by atomic mass is 10.1. The maximum absolute atomic E-state index is 5.80. The van der Waals surface area contributed by atoms with Gasteiger partial charge in [0.1, 0.15) is 5.75 Å². The third-order valence-corrected chi connectivity index (χ3v) is 3.72. The van der Waals surface area contributed by atoms with Gasteiger partial charge in [0.2, 0.25) is 0 Å². The van der Waals surface area contributed by atoms with Gasteiger partial charge < -0.3 is 9.30 Å². The zero-order valence-electron chi connectivity index (χ0n) is 11.0. The molecule has 0 fully saturated rings. The maximum atomic E-state index is 5.80. The largest absolute Gasteiger partial charge is 0.492 e. The van der Waals surface area contributed by atoms with E-state index in [0.717, 1.165) is 16.7 Å². The topological polar surface area (TPSA) is 27.1 Å². The summed E-state index contributed by atoms with van der Waals surface area (Å²) in [6, 6.07) is 6.28. The number of thioether (sulfide) groups is 1. The van der Waals surface area contributed by atoms with Gasteiger partial charge in [-0.25, -0.2) is 4.98 Å². The predicted molar refractivity (Wildman–Crippen MR) is 75.3 cm³/mol. The first kappa shape index (κ1) is 13.0. The molecule has 0 saturated heterocycles. The van der Waals surface area contributed by atoms with Gasteiger partial charge in [-0.1, -0.05) is 23.9 Å². The van der Waals surface area contributed by atoms with Crippen molar-refractivity contribution in [2.45, 2.75) is 19.0 Å². The number of rotatable bonds is 5. The van der Waals surface area contributed by atoms with Crippen molar-refractivity contribution in [3.63, 3.8) is 0 Å². The highest BCUT2D eigenvalue weighted by atomic mass is 32.2. The van der Waals surface area contributed by atoms with E-state index in [0.29, 0.717) is 6.61 Å². The van der Waals surface area contributed by atoms with Gasteiger partial charge in [-0.3, -0.25) is 0 Å². The lowest BCUT2D eigenvalue weighted by Crippen LogP contribution is -2.02. The average Bonchev–Trinajstić information content (AvgIpc) is 2.75. The van der Waals surface area contributed by atoms with Crippen molar-refractivity contribution < 1.29 is 4.74 Å². The summed E-state index contributed by atoms with van der Waals surface area (Å²) in [7, 11) is 2.00. The highest BCUT2D eigenvalue weighted by Gasteiger charge is 2.02. The number of benzene rings is 1. The molecule has 0 spiro atoms. The van der Waals surface area contributed by atoms with Crippen LogP contribution in [0.3, 0.4) is 0 Å². The van der Waals surface area contributed by atoms with Crippen LogP contribution in [0.2, 0.25) is 0 Å². The van der Waals surface area contributed by atoms with Crippen LogP contribution in [0.4, 0.5) is 0 Å². The molecule has 2 aromatic rings. The van der Waals surface area contributed by atoms with Crippen molar-refractivity contribution in [1.29, 1.82) is 0 Å². The molecule has 18 heavy (non-hydrogen) atoms. The number of hydrogen-bond donors (Lipinski definition) is 0. The minimum absolute atomic E-state index is 0.696. The molecular formula is C14H18N2OS. The summed E-state index contributed by atoms with van der Waals surface area (Å²) in [6.45, 7) is 4.84. The number of nitrogens with zero attached hydrogens (tertiary/aromatic N) is 2. The van der Waals surface area contributed by atoms with E-state index in [9.17, 15) is 0 Å². The van der Waals surface area contributed by atoms with Crippen LogP contribution in [0.1, 0.15) is 11.1 Å². The lowest BCUT2D eigenvalue weighted by molar-refractivity contribution is 0.341. The lowest BCUT2D eigenvalue weighted by Gasteiger charge is -2.09. The zero-order valence-corrected chi connectivity index (χ0v) is 11.8. The van der Waals surface area contributed by atoms with Gasteiger partial charge in [-0.05, 0) is 31.0 Å². The summed E-state index contributed by atoms with van der Waals surface area (Å²) in [6.07, 6.45) is 3.77. The van der Waals surface area contributed by atoms with Crippen molar-refractivity contribution in [3.8, 4) is 5.75 Å². The first-order chi connectivity index (χ1) is 8.66. The normalized spacial score (nSPS) is 10.6. The molecule has 0 amide bonds. The second-order valence-electron chi connectivity index (χ2n) is 4.29. The fourth-order valence-electron chi connectivity index (χ4n) is 1.64. The van der Waals surface area contributed by atoms with Crippen molar-refractivity contribution in [1.82, 2.24) is 9.55 Å². The molecule has 4 heteroatoms. The third kappa shape index (κ3) is 3.29. The highest BCUT2D eigenvalue weighted by molar-refractivity contribution is 7.99. The summed E-state index contributed by atoms with van der Waals surface area (Å²) < 4.78 is 7.81. The van der Waals surface area contributed by atoms with Gasteiger partial charge in [0, 0.05) is 25.2 Å². The Morgan fingerprint density at radius 3 is 2.89 bits per heavy atom. The number of imidazole rings is 1. The van der Waals surface area contributed by atoms with Crippen molar-refractivity contribution >= 4 is 11.8 Å². The Balaban J connectivity index is 1.82. The Morgan fingerprint density at radius 1 is 1.33 bits per heavy atom. The van der Waals surface area contributed by atoms with Crippen LogP contribution in [0.5, 0.6) is 5.75 Å². The summed E-state index contributed by atoms with van der Waals surface area (Å²) >= 11 is 1.71. The highest BCUT2D eigenvalue weighted by Crippen LogP contribution is 2.20. The van der Waals surface area contributed by atoms with Crippen LogP contribution in [-0.4, -0.2) is 21.9 Å². The molecule has 0 bridgehead atoms. The first-order valence-corrected chi connectivity index (χ1v) is 6.95. The van der Waals surface area contributed by atoms with Gasteiger partial charge in [-0.15, -0.1) is 0 Å². The van der Waals surface area contributed by atoms with E-state index < -0.39 is 0 Å². The number of aromatic nitrogens is 2. The summed E-state index contributed by atoms with van der Waals surface area (Å²) in [4.78, 5) is 4.26. The quantitative estimate of drug-likeness (QED) is 0.611. The Hall–Kier alpha value is -1.42. The van der Waals surface area contributed by atoms with Gasteiger partial charge in [0.25, 0.3) is 0 Å². The van der Waals surface area contributed by atoms with Crippen LogP contribution < -0.4 is 4.74 Å². The third-order valence-electron chi connectivity index (χ3n) is 2.69. The molecule has 2 rings (SSSR count). The van der Waals surface area contributed by atoms with E-state index in [1.807, 2.05) is 24.0 Å². The van der Waals surface area contributed by atoms with Crippen LogP contribution in [-0.2, 0) is 7.05 Å². The molecule has 0 aliphatic carbocycles. The standard InChI is InChI=1S/C14H18N2OS/c1-11-4-5-12(2)13(10-11)17-8-9-18-14-15-6-7-16(14)3/h4-7,10H,8-9H2,1-3H3. The Kier molecular flexibility index (Phi) is 4.31. The van der Waals surface area contributed by atoms with Crippen LogP contribution >= 0.6 is 11.8 Å². The molecule has 1 aromatic carbocycles. The molecule has 0 aliphatic rings. The second-order valence-corrected chi connectivity index (χ2v) is 5.35. The van der Waals surface area contributed by atoms with Crippen molar-refractivity contribution in [2.24, 2.45) is 7.05 Å². The van der Waals surface area contributed by atoms with E-state index in [-0.39, 0.29) is 0 Å². The van der Waals surface area contributed by atoms with Gasteiger partial charge in [-0.2, -0.15) is 0 Å². The van der Waals surface area contributed by atoms with E-state index in [1.54, 1.807) is 11.8 Å². The number of aryl methyl sites for hydroxylation is 3. The summed E-state index contributed by atoms with van der Waals surface area (Å²) in [5, 5.41) is 1.03. The maximum Gasteiger partial charge on any atom is 0.167 e. The molecule has 1 aromatic heterocycles. The monoisotopic (exact) mass is 262 g/mol. The zero-order chi connectivity index (χ0) is 13.0. The molecule has 96 valence electrons. The first-order valence-electron chi connectivity index (χ1n) is 5.97. The van der Waals surface area contributed by atoms with E-state index in [2.05, 4.69) is 37.0 Å². The molecular weight excluding hydrogens is 244 g/mol. The molecule has 0 unspecified atom stereocenters. The SMILES string of the molecule is Cc1ccc(C)c(OCCSc2nccn2C)c1. The fourth-order valence-corrected chi connectivity index (χ4v) is 2.39. The Bertz CT molecular complexity index is 522. The Morgan fingerprint density at radius 2 is 2.17 bits per heavy atom. The predicted octanol–water partition coefficient (Wildman–Crippen LogP) is 3.21. The fraction of sp³-hybridized carbons (Fsp3) is 0.357. The minimum atomic E-state index is 0.696. The minimum Gasteiger partial charge on any atom is -0.492 e. The molecule has 0 radical (unpaired) electrons. The molecule has 0 atom stereocenters. The van der Waals surface area contributed by atoms with Crippen LogP contribution in [0, 0.1) is 13.8 Å². The van der Waals surface area contributed by atoms with E-state index in [1.165, 1.54) is 11.1 Å². The second kappa shape index (κ2) is 5.96. The van der Waals surface area contributed by atoms with Gasteiger partial charge >= 0.3 is 0 Å². The molecule has 0 aliphatic heterocycles. The van der Waals surface area contributed by atoms with E-state index in [4.69, 9.17) is 4.74 Å². The summed E-state index contributed by atoms with van der Waals surface area (Å²) in [5.41, 5.74) is 2.41. The molecule has 3 nitrogen and oxygen atoms in total. The molecule has 0 saturated carbocycles. The smallest absolute Gasteiger partial charge is 0.167 e. The van der Waals surface area contributed by atoms with Gasteiger partial charge in [0.15, 0.2) is 5.16 Å². The van der Waals surface area contributed by atoms with Crippen molar-refractivity contribution in [3.05, 3.63) is 41.7 Å². The van der Waals surface area contributed by atoms with Crippen molar-refractivity contribution in [2.75, 3.05) is 12.4 Å². The van der Waals surface area contributed by atoms with E-state index >= 15 is 0 Å². The van der Waals surface area contributed by atoms with Crippen LogP contribution in [0.25, 0.3) is 0 Å². The van der Waals surface area contributed by atoms with Crippen LogP contribution in [0.15, 0.2) is 35.7 Å². The molecule has 0 N–H and O–H groups in total. The number of ether oxygens (including phenoxy) is 1. The molecule has 1 heterocycles.